The number of anilines is 7. The molecule has 0 bridgehead atoms. The molecule has 2 amide bonds. The highest BCUT2D eigenvalue weighted by atomic mass is 16.3. The van der Waals surface area contributed by atoms with E-state index in [0.29, 0.717) is 39.9 Å². The highest BCUT2D eigenvalue weighted by Crippen LogP contribution is 2.48. The van der Waals surface area contributed by atoms with Crippen molar-refractivity contribution in [1.82, 2.24) is 15.0 Å². The first kappa shape index (κ1) is 24.4. The van der Waals surface area contributed by atoms with Gasteiger partial charge in [0.15, 0.2) is 11.6 Å². The number of aliphatic hydroxyl groups is 1. The lowest BCUT2D eigenvalue weighted by atomic mass is 10.1. The first-order chi connectivity index (χ1) is 18.4. The lowest BCUT2D eigenvalue weighted by Gasteiger charge is -2.29. The normalized spacial score (nSPS) is 14.1. The standard InChI is InChI=1S/C27H24N8O3/c1-3-22(36)33(2)19-7-6-8-20(15-19)35-25-23(24(28)30-16-31-25)34(27(35)38)18-12-10-17(11-13-18)26(37)32-21-9-4-5-14-29-21/h3-16,27,38H,1H2,2H3,(H2,28,30,31)(H,29,32,37). The smallest absolute Gasteiger partial charge is 0.256 e. The maximum absolute atomic E-state index is 12.7. The zero-order valence-corrected chi connectivity index (χ0v) is 20.4. The molecule has 38 heavy (non-hydrogen) atoms. The number of rotatable bonds is 6. The van der Waals surface area contributed by atoms with Crippen molar-refractivity contribution in [2.24, 2.45) is 0 Å². The summed E-state index contributed by atoms with van der Waals surface area (Å²) in [7, 11) is 1.63. The topological polar surface area (TPSA) is 141 Å². The number of benzene rings is 2. The highest BCUT2D eigenvalue weighted by molar-refractivity contribution is 6.04. The third-order valence-electron chi connectivity index (χ3n) is 6.08. The van der Waals surface area contributed by atoms with Crippen LogP contribution in [0.3, 0.4) is 0 Å². The summed E-state index contributed by atoms with van der Waals surface area (Å²) in [6.07, 6.45) is 2.89. The van der Waals surface area contributed by atoms with Crippen molar-refractivity contribution in [1.29, 1.82) is 0 Å². The van der Waals surface area contributed by atoms with Crippen molar-refractivity contribution in [3.8, 4) is 0 Å². The van der Waals surface area contributed by atoms with E-state index in [1.165, 1.54) is 17.3 Å². The monoisotopic (exact) mass is 508 g/mol. The summed E-state index contributed by atoms with van der Waals surface area (Å²) in [6, 6.07) is 19.0. The largest absolute Gasteiger partial charge is 0.382 e. The van der Waals surface area contributed by atoms with E-state index < -0.39 is 6.35 Å². The van der Waals surface area contributed by atoms with Crippen LogP contribution in [0.25, 0.3) is 0 Å². The van der Waals surface area contributed by atoms with Crippen LogP contribution in [0.1, 0.15) is 10.4 Å². The molecule has 0 aliphatic carbocycles. The molecular weight excluding hydrogens is 484 g/mol. The molecule has 3 heterocycles. The molecule has 11 heteroatoms. The van der Waals surface area contributed by atoms with E-state index in [0.717, 1.165) is 0 Å². The summed E-state index contributed by atoms with van der Waals surface area (Å²) < 4.78 is 0. The third-order valence-corrected chi connectivity index (χ3v) is 6.08. The molecule has 1 aliphatic heterocycles. The highest BCUT2D eigenvalue weighted by Gasteiger charge is 2.40. The Hall–Kier alpha value is -5.29. The van der Waals surface area contributed by atoms with Gasteiger partial charge in [0.1, 0.15) is 17.8 Å². The predicted molar refractivity (Wildman–Crippen MR) is 145 cm³/mol. The Morgan fingerprint density at radius 1 is 1.03 bits per heavy atom. The second-order valence-electron chi connectivity index (χ2n) is 8.35. The molecule has 4 N–H and O–H groups in total. The van der Waals surface area contributed by atoms with Gasteiger partial charge in [-0.05, 0) is 60.7 Å². The van der Waals surface area contributed by atoms with Gasteiger partial charge in [-0.2, -0.15) is 0 Å². The van der Waals surface area contributed by atoms with E-state index in [1.54, 1.807) is 89.8 Å². The number of nitrogen functional groups attached to an aromatic ring is 1. The molecule has 0 saturated heterocycles. The van der Waals surface area contributed by atoms with Gasteiger partial charge in [-0.25, -0.2) is 15.0 Å². The minimum Gasteiger partial charge on any atom is -0.382 e. The summed E-state index contributed by atoms with van der Waals surface area (Å²) >= 11 is 0. The molecule has 5 rings (SSSR count). The number of pyridine rings is 1. The van der Waals surface area contributed by atoms with Gasteiger partial charge in [-0.1, -0.05) is 18.7 Å². The second-order valence-corrected chi connectivity index (χ2v) is 8.35. The predicted octanol–water partition coefficient (Wildman–Crippen LogP) is 3.42. The van der Waals surface area contributed by atoms with E-state index >= 15 is 0 Å². The SMILES string of the molecule is C=CC(=O)N(C)c1cccc(N2c3ncnc(N)c3N(c3ccc(C(=O)Nc4ccccn4)cc3)C2O)c1. The van der Waals surface area contributed by atoms with Gasteiger partial charge in [-0.3, -0.25) is 19.4 Å². The fourth-order valence-electron chi connectivity index (χ4n) is 4.16. The first-order valence-electron chi connectivity index (χ1n) is 11.6. The van der Waals surface area contributed by atoms with Crippen LogP contribution in [0.15, 0.2) is 91.9 Å². The van der Waals surface area contributed by atoms with Gasteiger partial charge in [0.25, 0.3) is 5.91 Å². The summed E-state index contributed by atoms with van der Waals surface area (Å²) in [5.41, 5.74) is 8.79. The number of carbonyl (C=O) groups excluding carboxylic acids is 2. The summed E-state index contributed by atoms with van der Waals surface area (Å²) in [5.74, 6) is 0.399. The number of aliphatic hydroxyl groups excluding tert-OH is 1. The Labute approximate surface area is 218 Å². The number of hydrogen-bond acceptors (Lipinski definition) is 9. The minimum atomic E-state index is -1.24. The average Bonchev–Trinajstić information content (AvgIpc) is 3.25. The Morgan fingerprint density at radius 3 is 2.53 bits per heavy atom. The second kappa shape index (κ2) is 9.99. The quantitative estimate of drug-likeness (QED) is 0.334. The molecule has 190 valence electrons. The summed E-state index contributed by atoms with van der Waals surface area (Å²) in [5, 5.41) is 14.2. The number of fused-ring (bicyclic) bond motifs is 1. The van der Waals surface area contributed by atoms with Crippen molar-refractivity contribution < 1.29 is 14.7 Å². The van der Waals surface area contributed by atoms with Crippen LogP contribution in [-0.4, -0.2) is 45.3 Å². The number of carbonyl (C=O) groups is 2. The Morgan fingerprint density at radius 2 is 1.82 bits per heavy atom. The fraction of sp³-hybridized carbons (Fsp3) is 0.0741. The van der Waals surface area contributed by atoms with Gasteiger partial charge < -0.3 is 21.1 Å². The molecule has 2 aromatic heterocycles. The minimum absolute atomic E-state index is 0.170. The molecule has 0 spiro atoms. The zero-order valence-electron chi connectivity index (χ0n) is 20.4. The number of nitrogens with zero attached hydrogens (tertiary/aromatic N) is 6. The van der Waals surface area contributed by atoms with Gasteiger partial charge in [-0.15, -0.1) is 0 Å². The van der Waals surface area contributed by atoms with Crippen LogP contribution >= 0.6 is 0 Å². The molecular formula is C27H24N8O3. The van der Waals surface area contributed by atoms with Crippen LogP contribution in [-0.2, 0) is 4.79 Å². The molecule has 1 atom stereocenters. The van der Waals surface area contributed by atoms with Crippen molar-refractivity contribution >= 4 is 52.0 Å². The molecule has 4 aromatic rings. The van der Waals surface area contributed by atoms with Crippen LogP contribution < -0.4 is 25.8 Å². The zero-order chi connectivity index (χ0) is 26.8. The molecule has 11 nitrogen and oxygen atoms in total. The molecule has 1 unspecified atom stereocenters. The number of hydrogen-bond donors (Lipinski definition) is 3. The Bertz CT molecular complexity index is 1510. The molecule has 0 fully saturated rings. The lowest BCUT2D eigenvalue weighted by molar-refractivity contribution is -0.113. The number of aromatic nitrogens is 3. The van der Waals surface area contributed by atoms with Crippen LogP contribution in [0.4, 0.5) is 40.2 Å². The molecule has 0 radical (unpaired) electrons. The third kappa shape index (κ3) is 4.38. The summed E-state index contributed by atoms with van der Waals surface area (Å²) in [4.78, 5) is 42.0. The van der Waals surface area contributed by atoms with Gasteiger partial charge >= 0.3 is 0 Å². The van der Waals surface area contributed by atoms with Crippen molar-refractivity contribution in [3.63, 3.8) is 0 Å². The lowest BCUT2D eigenvalue weighted by Crippen LogP contribution is -2.38. The van der Waals surface area contributed by atoms with Crippen molar-refractivity contribution in [2.75, 3.05) is 32.8 Å². The van der Waals surface area contributed by atoms with Crippen LogP contribution in [0, 0.1) is 0 Å². The van der Waals surface area contributed by atoms with E-state index in [2.05, 4.69) is 26.8 Å². The van der Waals surface area contributed by atoms with E-state index in [-0.39, 0.29) is 17.6 Å². The Kier molecular flexibility index (Phi) is 6.42. The molecule has 2 aromatic carbocycles. The van der Waals surface area contributed by atoms with Crippen molar-refractivity contribution in [3.05, 3.63) is 97.5 Å². The van der Waals surface area contributed by atoms with E-state index in [9.17, 15) is 14.7 Å². The molecule has 1 aliphatic rings. The van der Waals surface area contributed by atoms with Gasteiger partial charge in [0.05, 0.1) is 0 Å². The number of nitrogens with two attached hydrogens (primary N) is 1. The van der Waals surface area contributed by atoms with Gasteiger partial charge in [0, 0.05) is 35.9 Å². The maximum atomic E-state index is 12.7. The van der Waals surface area contributed by atoms with Crippen LogP contribution in [0.2, 0.25) is 0 Å². The average molecular weight is 509 g/mol. The Balaban J connectivity index is 1.48. The van der Waals surface area contributed by atoms with Gasteiger partial charge in [0.2, 0.25) is 12.3 Å². The first-order valence-corrected chi connectivity index (χ1v) is 11.6. The number of nitrogens with one attached hydrogen (secondary N) is 1. The van der Waals surface area contributed by atoms with E-state index in [4.69, 9.17) is 5.73 Å². The van der Waals surface area contributed by atoms with E-state index in [1.807, 2.05) is 0 Å². The maximum Gasteiger partial charge on any atom is 0.256 e. The van der Waals surface area contributed by atoms with Crippen LogP contribution in [0.5, 0.6) is 0 Å². The number of likely N-dealkylation sites (N-methyl/N-ethyl adjacent to an activating group) is 1. The molecule has 0 saturated carbocycles. The fourth-order valence-corrected chi connectivity index (χ4v) is 4.16. The number of amides is 2. The summed E-state index contributed by atoms with van der Waals surface area (Å²) in [6.45, 7) is 3.53. The van der Waals surface area contributed by atoms with Crippen molar-refractivity contribution in [2.45, 2.75) is 6.35 Å².